The highest BCUT2D eigenvalue weighted by Gasteiger charge is 1.85. The van der Waals surface area contributed by atoms with Crippen molar-refractivity contribution < 1.29 is 0 Å². The quantitative estimate of drug-likeness (QED) is 0.448. The lowest BCUT2D eigenvalue weighted by atomic mass is 10.1. The predicted octanol–water partition coefficient (Wildman–Crippen LogP) is 3.48. The molecule has 0 aliphatic rings. The van der Waals surface area contributed by atoms with Crippen molar-refractivity contribution in [2.45, 2.75) is 38.5 Å². The van der Waals surface area contributed by atoms with Gasteiger partial charge in [0.2, 0.25) is 0 Å². The van der Waals surface area contributed by atoms with E-state index in [4.69, 9.17) is 0 Å². The van der Waals surface area contributed by atoms with E-state index in [2.05, 4.69) is 18.1 Å². The molecule has 0 aromatic heterocycles. The highest BCUT2D eigenvalue weighted by atomic mass is 32.2. The minimum absolute atomic E-state index is 1.07. The lowest BCUT2D eigenvalue weighted by Crippen LogP contribution is -1.75. The van der Waals surface area contributed by atoms with Crippen molar-refractivity contribution in [2.75, 3.05) is 6.26 Å². The van der Waals surface area contributed by atoms with Gasteiger partial charge in [-0.2, -0.15) is 0 Å². The Bertz CT molecular complexity index is 119. The monoisotopic (exact) mass is 169 g/mol. The van der Waals surface area contributed by atoms with E-state index in [0.29, 0.717) is 0 Å². The second kappa shape index (κ2) is 9.91. The highest BCUT2D eigenvalue weighted by Crippen LogP contribution is 2.03. The van der Waals surface area contributed by atoms with E-state index in [1.165, 1.54) is 25.7 Å². The molecule has 0 N–H and O–H groups in total. The van der Waals surface area contributed by atoms with Gasteiger partial charge in [0.05, 0.1) is 0 Å². The van der Waals surface area contributed by atoms with Crippen LogP contribution < -0.4 is 0 Å². The highest BCUT2D eigenvalue weighted by molar-refractivity contribution is 8.03. The molecular formula is C10H17S. The number of thioether (sulfide) groups is 1. The van der Waals surface area contributed by atoms with E-state index in [1.807, 2.05) is 6.26 Å². The fourth-order valence-electron chi connectivity index (χ4n) is 0.867. The first-order chi connectivity index (χ1) is 5.41. The van der Waals surface area contributed by atoms with Crippen LogP contribution in [0.4, 0.5) is 0 Å². The van der Waals surface area contributed by atoms with Gasteiger partial charge in [0, 0.05) is 6.42 Å². The van der Waals surface area contributed by atoms with Crippen molar-refractivity contribution in [2.24, 2.45) is 0 Å². The molecule has 0 aromatic rings. The molecule has 0 spiro atoms. The first-order valence-corrected chi connectivity index (χ1v) is 5.44. The van der Waals surface area contributed by atoms with Crippen LogP contribution in [0.2, 0.25) is 0 Å². The maximum absolute atomic E-state index is 3.80. The zero-order valence-electron chi connectivity index (χ0n) is 7.36. The Morgan fingerprint density at radius 1 is 1.18 bits per heavy atom. The maximum Gasteiger partial charge on any atom is 0.00976 e. The molecule has 0 amide bonds. The van der Waals surface area contributed by atoms with Gasteiger partial charge in [0.1, 0.15) is 0 Å². The molecule has 11 heavy (non-hydrogen) atoms. The molecule has 0 unspecified atom stereocenters. The van der Waals surface area contributed by atoms with E-state index in [1.54, 1.807) is 11.8 Å². The SMILES string of the molecule is [CH2]CCCCCCC#CSC. The van der Waals surface area contributed by atoms with Crippen molar-refractivity contribution in [3.8, 4) is 11.2 Å². The largest absolute Gasteiger partial charge is 0.0913 e. The molecule has 1 radical (unpaired) electrons. The molecule has 0 aromatic carbocycles. The Balaban J connectivity index is 2.90. The maximum atomic E-state index is 3.80. The number of unbranched alkanes of at least 4 members (excludes halogenated alkanes) is 5. The molecule has 0 rings (SSSR count). The summed E-state index contributed by atoms with van der Waals surface area (Å²) < 4.78 is 0. The number of rotatable bonds is 5. The number of hydrogen-bond donors (Lipinski definition) is 0. The van der Waals surface area contributed by atoms with Crippen LogP contribution in [0.25, 0.3) is 0 Å². The fraction of sp³-hybridized carbons (Fsp3) is 0.700. The topological polar surface area (TPSA) is 0 Å². The number of hydrogen-bond acceptors (Lipinski definition) is 1. The molecule has 0 heterocycles. The molecule has 1 heteroatoms. The smallest absolute Gasteiger partial charge is 0.00976 e. The molecule has 0 fully saturated rings. The Labute approximate surface area is 75.1 Å². The van der Waals surface area contributed by atoms with Crippen LogP contribution >= 0.6 is 11.8 Å². The van der Waals surface area contributed by atoms with Crippen molar-refractivity contribution in [1.29, 1.82) is 0 Å². The first-order valence-electron chi connectivity index (χ1n) is 4.22. The van der Waals surface area contributed by atoms with E-state index in [0.717, 1.165) is 12.8 Å². The van der Waals surface area contributed by atoms with Crippen molar-refractivity contribution >= 4 is 11.8 Å². The van der Waals surface area contributed by atoms with Gasteiger partial charge >= 0.3 is 0 Å². The van der Waals surface area contributed by atoms with E-state index >= 15 is 0 Å². The summed E-state index contributed by atoms with van der Waals surface area (Å²) in [6.07, 6.45) is 9.33. The fourth-order valence-corrected chi connectivity index (χ4v) is 1.11. The van der Waals surface area contributed by atoms with Crippen LogP contribution in [0.15, 0.2) is 0 Å². The second-order valence-electron chi connectivity index (χ2n) is 2.50. The Morgan fingerprint density at radius 2 is 1.91 bits per heavy atom. The van der Waals surface area contributed by atoms with Gasteiger partial charge < -0.3 is 0 Å². The molecule has 0 saturated carbocycles. The minimum Gasteiger partial charge on any atom is -0.0913 e. The zero-order chi connectivity index (χ0) is 8.36. The molecule has 0 aliphatic heterocycles. The van der Waals surface area contributed by atoms with Crippen molar-refractivity contribution in [1.82, 2.24) is 0 Å². The molecule has 0 bridgehead atoms. The first kappa shape index (κ1) is 10.9. The van der Waals surface area contributed by atoms with E-state index in [9.17, 15) is 0 Å². The van der Waals surface area contributed by atoms with Crippen LogP contribution in [-0.2, 0) is 0 Å². The molecule has 0 aliphatic carbocycles. The summed E-state index contributed by atoms with van der Waals surface area (Å²) >= 11 is 1.60. The minimum atomic E-state index is 1.07. The van der Waals surface area contributed by atoms with E-state index in [-0.39, 0.29) is 0 Å². The third-order valence-electron chi connectivity index (χ3n) is 1.48. The normalized spacial score (nSPS) is 8.91. The van der Waals surface area contributed by atoms with Crippen molar-refractivity contribution in [3.05, 3.63) is 6.92 Å². The van der Waals surface area contributed by atoms with Crippen LogP contribution in [-0.4, -0.2) is 6.26 Å². The lowest BCUT2D eigenvalue weighted by molar-refractivity contribution is 0.656. The standard InChI is InChI=1S/C10H17S/c1-3-4-5-6-7-8-9-10-11-2/h1,3-8H2,2H3. The molecule has 0 nitrogen and oxygen atoms in total. The van der Waals surface area contributed by atoms with Gasteiger partial charge in [-0.15, -0.1) is 0 Å². The van der Waals surface area contributed by atoms with Gasteiger partial charge in [-0.1, -0.05) is 50.3 Å². The van der Waals surface area contributed by atoms with Crippen LogP contribution in [0.5, 0.6) is 0 Å². The van der Waals surface area contributed by atoms with E-state index < -0.39 is 0 Å². The summed E-state index contributed by atoms with van der Waals surface area (Å²) in [6.45, 7) is 3.80. The average Bonchev–Trinajstić information content (AvgIpc) is 2.03. The van der Waals surface area contributed by atoms with Crippen LogP contribution in [0.3, 0.4) is 0 Å². The van der Waals surface area contributed by atoms with Gasteiger partial charge in [-0.3, -0.25) is 0 Å². The Morgan fingerprint density at radius 3 is 2.55 bits per heavy atom. The summed E-state index contributed by atoms with van der Waals surface area (Å²) in [5.74, 6) is 3.11. The summed E-state index contributed by atoms with van der Waals surface area (Å²) in [6, 6.07) is 0. The van der Waals surface area contributed by atoms with Gasteiger partial charge in [0.15, 0.2) is 0 Å². The van der Waals surface area contributed by atoms with Crippen molar-refractivity contribution in [3.63, 3.8) is 0 Å². The molecule has 0 saturated heterocycles. The summed E-state index contributed by atoms with van der Waals surface area (Å²) in [7, 11) is 0. The van der Waals surface area contributed by atoms with Crippen LogP contribution in [0.1, 0.15) is 38.5 Å². The second-order valence-corrected chi connectivity index (χ2v) is 3.11. The summed E-state index contributed by atoms with van der Waals surface area (Å²) in [5.41, 5.74) is 0. The van der Waals surface area contributed by atoms with Crippen LogP contribution in [0, 0.1) is 18.1 Å². The average molecular weight is 169 g/mol. The third kappa shape index (κ3) is 9.91. The molecule has 63 valence electrons. The molecular weight excluding hydrogens is 152 g/mol. The Hall–Kier alpha value is -0.0900. The van der Waals surface area contributed by atoms with Gasteiger partial charge in [-0.05, 0) is 17.9 Å². The Kier molecular flexibility index (Phi) is 9.83. The summed E-state index contributed by atoms with van der Waals surface area (Å²) in [5, 5.41) is 2.99. The summed E-state index contributed by atoms with van der Waals surface area (Å²) in [4.78, 5) is 0. The molecule has 0 atom stereocenters. The zero-order valence-corrected chi connectivity index (χ0v) is 8.17. The predicted molar refractivity (Wildman–Crippen MR) is 54.4 cm³/mol. The third-order valence-corrected chi connectivity index (χ3v) is 1.82. The lowest BCUT2D eigenvalue weighted by Gasteiger charge is -1.93. The van der Waals surface area contributed by atoms with Gasteiger partial charge in [-0.25, -0.2) is 0 Å². The van der Waals surface area contributed by atoms with Gasteiger partial charge in [0.25, 0.3) is 0 Å².